The summed E-state index contributed by atoms with van der Waals surface area (Å²) in [5.41, 5.74) is 1.11. The molecule has 2 atom stereocenters. The van der Waals surface area contributed by atoms with Gasteiger partial charge in [-0.15, -0.1) is 0 Å². The summed E-state index contributed by atoms with van der Waals surface area (Å²) in [5.74, 6) is 0.102. The van der Waals surface area contributed by atoms with E-state index < -0.39 is 6.10 Å². The van der Waals surface area contributed by atoms with Crippen LogP contribution >= 0.6 is 0 Å². The summed E-state index contributed by atoms with van der Waals surface area (Å²) in [6, 6.07) is 9.97. The van der Waals surface area contributed by atoms with E-state index in [1.54, 1.807) is 6.92 Å². The number of aliphatic hydroxyl groups excluding tert-OH is 1. The van der Waals surface area contributed by atoms with Gasteiger partial charge in [-0.3, -0.25) is 4.79 Å². The lowest BCUT2D eigenvalue weighted by atomic mass is 10.1. The van der Waals surface area contributed by atoms with Gasteiger partial charge in [-0.1, -0.05) is 30.3 Å². The average molecular weight is 263 g/mol. The maximum atomic E-state index is 12.0. The standard InChI is InChI=1S/C15H21NO3/c1-12(17)7-8-15(18)16-9-10-19-14(11-16)13-5-3-2-4-6-13/h2-6,12,14,17H,7-11H2,1H3. The lowest BCUT2D eigenvalue weighted by Crippen LogP contribution is -2.42. The molecule has 4 nitrogen and oxygen atoms in total. The molecule has 0 spiro atoms. The van der Waals surface area contributed by atoms with Gasteiger partial charge in [0.05, 0.1) is 19.3 Å². The molecule has 0 aromatic heterocycles. The van der Waals surface area contributed by atoms with Crippen LogP contribution in [0.4, 0.5) is 0 Å². The summed E-state index contributed by atoms with van der Waals surface area (Å²) < 4.78 is 5.73. The number of benzene rings is 1. The molecule has 1 aromatic rings. The zero-order chi connectivity index (χ0) is 13.7. The molecule has 1 aliphatic heterocycles. The molecule has 0 aliphatic carbocycles. The zero-order valence-electron chi connectivity index (χ0n) is 11.3. The summed E-state index contributed by atoms with van der Waals surface area (Å²) in [5, 5.41) is 9.23. The van der Waals surface area contributed by atoms with E-state index >= 15 is 0 Å². The minimum atomic E-state index is -0.421. The fraction of sp³-hybridized carbons (Fsp3) is 0.533. The molecule has 1 aliphatic rings. The Balaban J connectivity index is 1.92. The first-order valence-electron chi connectivity index (χ1n) is 6.79. The van der Waals surface area contributed by atoms with Crippen LogP contribution in [-0.4, -0.2) is 41.7 Å². The van der Waals surface area contributed by atoms with Gasteiger partial charge < -0.3 is 14.7 Å². The van der Waals surface area contributed by atoms with E-state index in [0.717, 1.165) is 5.56 Å². The van der Waals surface area contributed by atoms with Crippen molar-refractivity contribution in [3.63, 3.8) is 0 Å². The van der Waals surface area contributed by atoms with Gasteiger partial charge in [-0.2, -0.15) is 0 Å². The molecular formula is C15H21NO3. The van der Waals surface area contributed by atoms with Gasteiger partial charge in [-0.05, 0) is 18.9 Å². The molecule has 2 unspecified atom stereocenters. The smallest absolute Gasteiger partial charge is 0.222 e. The molecule has 0 radical (unpaired) electrons. The van der Waals surface area contributed by atoms with E-state index in [2.05, 4.69) is 0 Å². The molecule has 1 saturated heterocycles. The molecule has 1 amide bonds. The maximum absolute atomic E-state index is 12.0. The summed E-state index contributed by atoms with van der Waals surface area (Å²) >= 11 is 0. The number of aliphatic hydroxyl groups is 1. The lowest BCUT2D eigenvalue weighted by Gasteiger charge is -2.33. The first kappa shape index (κ1) is 14.0. The second kappa shape index (κ2) is 6.68. The third kappa shape index (κ3) is 4.04. The first-order chi connectivity index (χ1) is 9.16. The number of carbonyl (C=O) groups excluding carboxylic acids is 1. The normalized spacial score (nSPS) is 21.2. The van der Waals surface area contributed by atoms with E-state index in [4.69, 9.17) is 4.74 Å². The van der Waals surface area contributed by atoms with Crippen LogP contribution in [0.1, 0.15) is 31.4 Å². The SMILES string of the molecule is CC(O)CCC(=O)N1CCOC(c2ccccc2)C1. The number of nitrogens with zero attached hydrogens (tertiary/aromatic N) is 1. The second-order valence-corrected chi connectivity index (χ2v) is 5.00. The Labute approximate surface area is 114 Å². The number of carbonyl (C=O) groups is 1. The van der Waals surface area contributed by atoms with Gasteiger partial charge in [0.25, 0.3) is 0 Å². The Morgan fingerprint density at radius 3 is 2.89 bits per heavy atom. The number of ether oxygens (including phenoxy) is 1. The van der Waals surface area contributed by atoms with Crippen LogP contribution in [0, 0.1) is 0 Å². The highest BCUT2D eigenvalue weighted by molar-refractivity contribution is 5.76. The van der Waals surface area contributed by atoms with Gasteiger partial charge in [0, 0.05) is 13.0 Å². The van der Waals surface area contributed by atoms with Crippen molar-refractivity contribution in [1.82, 2.24) is 4.90 Å². The maximum Gasteiger partial charge on any atom is 0.222 e. The zero-order valence-corrected chi connectivity index (χ0v) is 11.3. The Kier molecular flexibility index (Phi) is 4.93. The van der Waals surface area contributed by atoms with Crippen molar-refractivity contribution in [2.24, 2.45) is 0 Å². The van der Waals surface area contributed by atoms with E-state index in [1.807, 2.05) is 35.2 Å². The Hall–Kier alpha value is -1.39. The molecular weight excluding hydrogens is 242 g/mol. The molecule has 2 rings (SSSR count). The minimum absolute atomic E-state index is 0.0366. The van der Waals surface area contributed by atoms with Crippen molar-refractivity contribution in [1.29, 1.82) is 0 Å². The van der Waals surface area contributed by atoms with Gasteiger partial charge in [0.1, 0.15) is 6.10 Å². The molecule has 4 heteroatoms. The Bertz CT molecular complexity index is 405. The predicted octanol–water partition coefficient (Wildman–Crippen LogP) is 1.75. The van der Waals surface area contributed by atoms with Crippen LogP contribution in [0.15, 0.2) is 30.3 Å². The summed E-state index contributed by atoms with van der Waals surface area (Å²) in [6.45, 7) is 3.52. The van der Waals surface area contributed by atoms with Gasteiger partial charge in [0.2, 0.25) is 5.91 Å². The van der Waals surface area contributed by atoms with Crippen molar-refractivity contribution < 1.29 is 14.6 Å². The predicted molar refractivity (Wildman–Crippen MR) is 72.6 cm³/mol. The summed E-state index contributed by atoms with van der Waals surface area (Å²) in [6.07, 6.45) is 0.464. The lowest BCUT2D eigenvalue weighted by molar-refractivity contribution is -0.139. The Morgan fingerprint density at radius 1 is 1.47 bits per heavy atom. The molecule has 0 saturated carbocycles. The van der Waals surface area contributed by atoms with Crippen LogP contribution in [0.25, 0.3) is 0 Å². The summed E-state index contributed by atoms with van der Waals surface area (Å²) in [4.78, 5) is 13.9. The number of rotatable bonds is 4. The van der Waals surface area contributed by atoms with Crippen molar-refractivity contribution in [3.8, 4) is 0 Å². The molecule has 104 valence electrons. The van der Waals surface area contributed by atoms with Crippen LogP contribution in [-0.2, 0) is 9.53 Å². The quantitative estimate of drug-likeness (QED) is 0.900. The topological polar surface area (TPSA) is 49.8 Å². The molecule has 1 aromatic carbocycles. The van der Waals surface area contributed by atoms with Gasteiger partial charge in [0.15, 0.2) is 0 Å². The first-order valence-corrected chi connectivity index (χ1v) is 6.79. The summed E-state index contributed by atoms with van der Waals surface area (Å²) in [7, 11) is 0. The van der Waals surface area contributed by atoms with Crippen LogP contribution in [0.5, 0.6) is 0 Å². The minimum Gasteiger partial charge on any atom is -0.393 e. The third-order valence-corrected chi connectivity index (χ3v) is 3.37. The largest absolute Gasteiger partial charge is 0.393 e. The third-order valence-electron chi connectivity index (χ3n) is 3.37. The number of morpholine rings is 1. The average Bonchev–Trinajstić information content (AvgIpc) is 2.46. The van der Waals surface area contributed by atoms with E-state index in [9.17, 15) is 9.90 Å². The fourth-order valence-corrected chi connectivity index (χ4v) is 2.24. The van der Waals surface area contributed by atoms with Crippen molar-refractivity contribution in [3.05, 3.63) is 35.9 Å². The molecule has 1 fully saturated rings. The van der Waals surface area contributed by atoms with E-state index in [1.165, 1.54) is 0 Å². The molecule has 1 heterocycles. The fourth-order valence-electron chi connectivity index (χ4n) is 2.24. The highest BCUT2D eigenvalue weighted by Crippen LogP contribution is 2.22. The number of hydrogen-bond donors (Lipinski definition) is 1. The monoisotopic (exact) mass is 263 g/mol. The van der Waals surface area contributed by atoms with E-state index in [0.29, 0.717) is 32.5 Å². The Morgan fingerprint density at radius 2 is 2.21 bits per heavy atom. The second-order valence-electron chi connectivity index (χ2n) is 5.00. The molecule has 1 N–H and O–H groups in total. The van der Waals surface area contributed by atoms with Gasteiger partial charge in [-0.25, -0.2) is 0 Å². The van der Waals surface area contributed by atoms with Crippen LogP contribution in [0.3, 0.4) is 0 Å². The van der Waals surface area contributed by atoms with Crippen molar-refractivity contribution >= 4 is 5.91 Å². The van der Waals surface area contributed by atoms with Crippen molar-refractivity contribution in [2.75, 3.05) is 19.7 Å². The highest BCUT2D eigenvalue weighted by Gasteiger charge is 2.25. The highest BCUT2D eigenvalue weighted by atomic mass is 16.5. The van der Waals surface area contributed by atoms with Gasteiger partial charge >= 0.3 is 0 Å². The van der Waals surface area contributed by atoms with Crippen molar-refractivity contribution in [2.45, 2.75) is 32.0 Å². The van der Waals surface area contributed by atoms with E-state index in [-0.39, 0.29) is 12.0 Å². The molecule has 19 heavy (non-hydrogen) atoms. The number of hydrogen-bond acceptors (Lipinski definition) is 3. The number of amides is 1. The van der Waals surface area contributed by atoms with Crippen LogP contribution < -0.4 is 0 Å². The molecule has 0 bridgehead atoms. The van der Waals surface area contributed by atoms with Crippen LogP contribution in [0.2, 0.25) is 0 Å².